The van der Waals surface area contributed by atoms with Crippen molar-refractivity contribution in [1.29, 1.82) is 0 Å². The van der Waals surface area contributed by atoms with Crippen LogP contribution in [0.4, 0.5) is 17.1 Å². The molecular weight excluding hydrogens is 725 g/mol. The van der Waals surface area contributed by atoms with Crippen LogP contribution in [0.25, 0.3) is 82.8 Å². The predicted octanol–water partition coefficient (Wildman–Crippen LogP) is 16.1. The van der Waals surface area contributed by atoms with Gasteiger partial charge in [-0.3, -0.25) is 0 Å². The lowest BCUT2D eigenvalue weighted by atomic mass is 9.90. The fourth-order valence-corrected chi connectivity index (χ4v) is 9.10. The number of hydrogen-bond donors (Lipinski definition) is 0. The average molecular weight is 765 g/mol. The highest BCUT2D eigenvalue weighted by Crippen LogP contribution is 2.48. The Balaban J connectivity index is 1.23. The molecule has 0 N–H and O–H groups in total. The van der Waals surface area contributed by atoms with Gasteiger partial charge in [-0.05, 0) is 98.2 Å². The van der Waals surface area contributed by atoms with Gasteiger partial charge in [-0.2, -0.15) is 0 Å². The van der Waals surface area contributed by atoms with Crippen molar-refractivity contribution in [2.75, 3.05) is 4.90 Å². The highest BCUT2D eigenvalue weighted by Gasteiger charge is 2.24. The number of anilines is 3. The Morgan fingerprint density at radius 1 is 0.300 bits per heavy atom. The monoisotopic (exact) mass is 764 g/mol. The summed E-state index contributed by atoms with van der Waals surface area (Å²) in [7, 11) is 0. The Labute approximate surface area is 350 Å². The molecule has 10 aromatic carbocycles. The fourth-order valence-electron chi connectivity index (χ4n) is 9.10. The molecule has 1 heterocycles. The van der Waals surface area contributed by atoms with Crippen LogP contribution in [0, 0.1) is 0 Å². The van der Waals surface area contributed by atoms with Gasteiger partial charge in [0.05, 0.1) is 16.7 Å². The van der Waals surface area contributed by atoms with E-state index in [4.69, 9.17) is 0 Å². The van der Waals surface area contributed by atoms with Crippen LogP contribution in [0.1, 0.15) is 0 Å². The third kappa shape index (κ3) is 6.14. The van der Waals surface area contributed by atoms with Gasteiger partial charge in [0.1, 0.15) is 0 Å². The Hall–Kier alpha value is -7.94. The minimum atomic E-state index is 1.07. The number of nitrogens with zero attached hydrogens (tertiary/aromatic N) is 2. The zero-order valence-electron chi connectivity index (χ0n) is 33.0. The van der Waals surface area contributed by atoms with E-state index in [-0.39, 0.29) is 0 Å². The molecule has 60 heavy (non-hydrogen) atoms. The number of hydrogen-bond acceptors (Lipinski definition) is 1. The van der Waals surface area contributed by atoms with Gasteiger partial charge in [0.25, 0.3) is 0 Å². The molecule has 2 nitrogen and oxygen atoms in total. The molecule has 0 spiro atoms. The summed E-state index contributed by atoms with van der Waals surface area (Å²) in [5, 5.41) is 4.92. The third-order valence-electron chi connectivity index (χ3n) is 11.8. The zero-order chi connectivity index (χ0) is 39.8. The van der Waals surface area contributed by atoms with Crippen molar-refractivity contribution in [2.45, 2.75) is 0 Å². The van der Waals surface area contributed by atoms with E-state index in [1.165, 1.54) is 66.0 Å². The quantitative estimate of drug-likeness (QED) is 0.150. The molecule has 0 fully saturated rings. The van der Waals surface area contributed by atoms with Crippen molar-refractivity contribution in [2.24, 2.45) is 0 Å². The lowest BCUT2D eigenvalue weighted by molar-refractivity contribution is 1.18. The molecule has 0 amide bonds. The first-order valence-corrected chi connectivity index (χ1v) is 20.6. The van der Waals surface area contributed by atoms with Crippen LogP contribution < -0.4 is 4.90 Å². The Morgan fingerprint density at radius 2 is 0.833 bits per heavy atom. The molecule has 2 heteroatoms. The molecule has 0 atom stereocenters. The summed E-state index contributed by atoms with van der Waals surface area (Å²) in [6.45, 7) is 0. The van der Waals surface area contributed by atoms with E-state index in [0.717, 1.165) is 33.8 Å². The predicted molar refractivity (Wildman–Crippen MR) is 255 cm³/mol. The van der Waals surface area contributed by atoms with Crippen molar-refractivity contribution in [1.82, 2.24) is 4.57 Å². The summed E-state index contributed by atoms with van der Waals surface area (Å²) >= 11 is 0. The van der Waals surface area contributed by atoms with E-state index in [1.54, 1.807) is 0 Å². The minimum absolute atomic E-state index is 1.07. The Bertz CT molecular complexity index is 3290. The molecule has 0 unspecified atom stereocenters. The molecule has 11 aromatic rings. The molecular formula is C58H40N2. The van der Waals surface area contributed by atoms with Crippen molar-refractivity contribution < 1.29 is 0 Å². The summed E-state index contributed by atoms with van der Waals surface area (Å²) in [5.41, 5.74) is 16.2. The van der Waals surface area contributed by atoms with E-state index < -0.39 is 0 Å². The van der Waals surface area contributed by atoms with Gasteiger partial charge in [-0.15, -0.1) is 0 Å². The van der Waals surface area contributed by atoms with Crippen molar-refractivity contribution >= 4 is 49.6 Å². The number of rotatable bonds is 8. The molecule has 0 aliphatic rings. The molecule has 0 saturated heterocycles. The topological polar surface area (TPSA) is 8.17 Å². The van der Waals surface area contributed by atoms with Crippen LogP contribution >= 0.6 is 0 Å². The maximum Gasteiger partial charge on any atom is 0.0561 e. The smallest absolute Gasteiger partial charge is 0.0561 e. The SMILES string of the molecule is c1ccc(-c2cc(N(c3ccc4c5ccccc5n(-c5ccccc5)c4c3)c3cccc(-c4ccccc4)c3-c3ccccc3)ccc2-c2cccc3ccccc23)cc1. The van der Waals surface area contributed by atoms with Crippen LogP contribution in [0.5, 0.6) is 0 Å². The second kappa shape index (κ2) is 15.1. The van der Waals surface area contributed by atoms with E-state index in [1.807, 2.05) is 0 Å². The summed E-state index contributed by atoms with van der Waals surface area (Å²) in [6.07, 6.45) is 0. The summed E-state index contributed by atoms with van der Waals surface area (Å²) in [4.78, 5) is 2.47. The lowest BCUT2D eigenvalue weighted by Gasteiger charge is -2.30. The molecule has 11 rings (SSSR count). The van der Waals surface area contributed by atoms with Crippen molar-refractivity contribution in [3.63, 3.8) is 0 Å². The minimum Gasteiger partial charge on any atom is -0.310 e. The number of fused-ring (bicyclic) bond motifs is 4. The van der Waals surface area contributed by atoms with Gasteiger partial charge >= 0.3 is 0 Å². The van der Waals surface area contributed by atoms with Crippen molar-refractivity contribution in [3.8, 4) is 50.2 Å². The van der Waals surface area contributed by atoms with Crippen LogP contribution in [0.2, 0.25) is 0 Å². The molecule has 0 saturated carbocycles. The van der Waals surface area contributed by atoms with Crippen LogP contribution in [0.15, 0.2) is 243 Å². The van der Waals surface area contributed by atoms with E-state index in [0.29, 0.717) is 0 Å². The van der Waals surface area contributed by atoms with E-state index >= 15 is 0 Å². The second-order valence-corrected chi connectivity index (χ2v) is 15.3. The van der Waals surface area contributed by atoms with E-state index in [2.05, 4.69) is 252 Å². The fraction of sp³-hybridized carbons (Fsp3) is 0. The van der Waals surface area contributed by atoms with Gasteiger partial charge < -0.3 is 9.47 Å². The summed E-state index contributed by atoms with van der Waals surface area (Å²) in [6, 6.07) is 88.0. The lowest BCUT2D eigenvalue weighted by Crippen LogP contribution is -2.12. The largest absolute Gasteiger partial charge is 0.310 e. The van der Waals surface area contributed by atoms with Gasteiger partial charge in [0.15, 0.2) is 0 Å². The number of aromatic nitrogens is 1. The molecule has 282 valence electrons. The van der Waals surface area contributed by atoms with Crippen LogP contribution in [-0.2, 0) is 0 Å². The molecule has 0 bridgehead atoms. The first-order valence-electron chi connectivity index (χ1n) is 20.6. The van der Waals surface area contributed by atoms with Gasteiger partial charge in [-0.25, -0.2) is 0 Å². The maximum atomic E-state index is 2.47. The highest BCUT2D eigenvalue weighted by atomic mass is 15.1. The third-order valence-corrected chi connectivity index (χ3v) is 11.8. The number of para-hydroxylation sites is 2. The molecule has 0 radical (unpaired) electrons. The molecule has 0 aliphatic heterocycles. The summed E-state index contributed by atoms with van der Waals surface area (Å²) in [5.74, 6) is 0. The first kappa shape index (κ1) is 35.2. The highest BCUT2D eigenvalue weighted by molar-refractivity contribution is 6.11. The first-order chi connectivity index (χ1) is 29.8. The maximum absolute atomic E-state index is 2.47. The average Bonchev–Trinajstić information content (AvgIpc) is 3.66. The van der Waals surface area contributed by atoms with Gasteiger partial charge in [0.2, 0.25) is 0 Å². The Morgan fingerprint density at radius 3 is 1.58 bits per heavy atom. The van der Waals surface area contributed by atoms with Gasteiger partial charge in [0, 0.05) is 33.4 Å². The van der Waals surface area contributed by atoms with Gasteiger partial charge in [-0.1, -0.05) is 194 Å². The number of benzene rings is 10. The zero-order valence-corrected chi connectivity index (χ0v) is 33.0. The normalized spacial score (nSPS) is 11.3. The molecule has 1 aromatic heterocycles. The second-order valence-electron chi connectivity index (χ2n) is 15.3. The van der Waals surface area contributed by atoms with E-state index in [9.17, 15) is 0 Å². The standard InChI is InChI=1S/C58H40N2/c1-5-19-42(20-6-1)49-31-18-34-56(58(49)44-24-9-3-10-25-44)59(47-36-38-53-52-30-15-16-33-55(52)60(57(53)40-47)45-27-11-4-12-28-45)46-35-37-51(54(39-46)43-21-7-2-8-22-43)50-32-17-26-41-23-13-14-29-48(41)50/h1-40H. The van der Waals surface area contributed by atoms with Crippen molar-refractivity contribution in [3.05, 3.63) is 243 Å². The van der Waals surface area contributed by atoms with Crippen LogP contribution in [-0.4, -0.2) is 4.57 Å². The summed E-state index contributed by atoms with van der Waals surface area (Å²) < 4.78 is 2.41. The van der Waals surface area contributed by atoms with Crippen LogP contribution in [0.3, 0.4) is 0 Å². The Kier molecular flexibility index (Phi) is 8.87. The molecule has 0 aliphatic carbocycles.